The number of amides is 1. The van der Waals surface area contributed by atoms with Gasteiger partial charge in [-0.1, -0.05) is 24.3 Å². The summed E-state index contributed by atoms with van der Waals surface area (Å²) < 4.78 is 0. The number of carboxylic acids is 1. The van der Waals surface area contributed by atoms with Gasteiger partial charge in [0.05, 0.1) is 23.8 Å². The van der Waals surface area contributed by atoms with Crippen LogP contribution in [0.3, 0.4) is 0 Å². The monoisotopic (exact) mass is 375 g/mol. The molecule has 148 valence electrons. The van der Waals surface area contributed by atoms with Crippen LogP contribution in [0.2, 0.25) is 0 Å². The van der Waals surface area contributed by atoms with Crippen molar-refractivity contribution in [3.8, 4) is 0 Å². The van der Waals surface area contributed by atoms with Crippen molar-refractivity contribution in [2.75, 3.05) is 6.54 Å². The number of hydrogen-bond acceptors (Lipinski definition) is 4. The Labute approximate surface area is 160 Å². The molecular weight excluding hydrogens is 346 g/mol. The number of aliphatic hydroxyl groups is 2. The number of rotatable bonds is 10. The van der Waals surface area contributed by atoms with Crippen LogP contribution < -0.4 is 0 Å². The fraction of sp³-hybridized carbons (Fsp3) is 0.524. The summed E-state index contributed by atoms with van der Waals surface area (Å²) in [6, 6.07) is 6.69. The zero-order valence-corrected chi connectivity index (χ0v) is 15.8. The van der Waals surface area contributed by atoms with Gasteiger partial charge in [-0.2, -0.15) is 0 Å². The molecule has 1 saturated heterocycles. The van der Waals surface area contributed by atoms with E-state index in [9.17, 15) is 19.8 Å². The van der Waals surface area contributed by atoms with Crippen molar-refractivity contribution < 1.29 is 24.9 Å². The normalized spacial score (nSPS) is 19.6. The second-order valence-electron chi connectivity index (χ2n) is 7.18. The molecule has 3 atom stereocenters. The molecular formula is C21H29NO5. The Balaban J connectivity index is 1.86. The summed E-state index contributed by atoms with van der Waals surface area (Å²) in [6.07, 6.45) is 6.66. The van der Waals surface area contributed by atoms with Gasteiger partial charge in [0, 0.05) is 13.0 Å². The average Bonchev–Trinajstić information content (AvgIpc) is 2.98. The number of carbonyl (C=O) groups is 2. The molecule has 1 amide bonds. The third-order valence-electron chi connectivity index (χ3n) is 4.89. The molecule has 1 aromatic carbocycles. The largest absolute Gasteiger partial charge is 0.478 e. The summed E-state index contributed by atoms with van der Waals surface area (Å²) in [7, 11) is 0. The maximum atomic E-state index is 12.2. The lowest BCUT2D eigenvalue weighted by Crippen LogP contribution is -2.33. The first-order chi connectivity index (χ1) is 12.9. The second-order valence-corrected chi connectivity index (χ2v) is 7.18. The molecule has 0 unspecified atom stereocenters. The van der Waals surface area contributed by atoms with Crippen molar-refractivity contribution in [1.82, 2.24) is 4.90 Å². The maximum absolute atomic E-state index is 12.2. The molecule has 0 radical (unpaired) electrons. The molecule has 27 heavy (non-hydrogen) atoms. The van der Waals surface area contributed by atoms with Gasteiger partial charge in [0.25, 0.3) is 0 Å². The van der Waals surface area contributed by atoms with Crippen LogP contribution in [-0.2, 0) is 11.2 Å². The Hall–Kier alpha value is -2.18. The minimum Gasteiger partial charge on any atom is -0.478 e. The first-order valence-electron chi connectivity index (χ1n) is 9.53. The smallest absolute Gasteiger partial charge is 0.335 e. The van der Waals surface area contributed by atoms with Crippen LogP contribution in [0.25, 0.3) is 0 Å². The van der Waals surface area contributed by atoms with Gasteiger partial charge in [0.15, 0.2) is 0 Å². The molecule has 0 aliphatic carbocycles. The Morgan fingerprint density at radius 3 is 2.59 bits per heavy atom. The van der Waals surface area contributed by atoms with E-state index >= 15 is 0 Å². The molecule has 6 nitrogen and oxygen atoms in total. The summed E-state index contributed by atoms with van der Waals surface area (Å²) in [5.74, 6) is -0.844. The fourth-order valence-corrected chi connectivity index (χ4v) is 3.29. The van der Waals surface area contributed by atoms with Gasteiger partial charge in [0.1, 0.15) is 0 Å². The quantitative estimate of drug-likeness (QED) is 0.546. The van der Waals surface area contributed by atoms with E-state index in [1.54, 1.807) is 37.3 Å². The van der Waals surface area contributed by atoms with Gasteiger partial charge in [0.2, 0.25) is 5.91 Å². The SMILES string of the molecule is C[C@H](O)CCC[C@@H](O)C=C[C@H]1CCC(=O)N1CCc1ccc(C(=O)O)cc1. The number of aromatic carboxylic acids is 1. The van der Waals surface area contributed by atoms with E-state index in [2.05, 4.69) is 0 Å². The minimum absolute atomic E-state index is 0.0118. The van der Waals surface area contributed by atoms with Crippen LogP contribution in [0, 0.1) is 0 Å². The van der Waals surface area contributed by atoms with Gasteiger partial charge in [-0.25, -0.2) is 4.79 Å². The highest BCUT2D eigenvalue weighted by atomic mass is 16.4. The number of benzene rings is 1. The summed E-state index contributed by atoms with van der Waals surface area (Å²) in [6.45, 7) is 2.30. The van der Waals surface area contributed by atoms with Crippen molar-refractivity contribution in [3.05, 3.63) is 47.5 Å². The number of carbonyl (C=O) groups excluding carboxylic acids is 1. The number of carboxylic acid groups (broad SMARTS) is 1. The predicted octanol–water partition coefficient (Wildman–Crippen LogP) is 2.39. The molecule has 1 fully saturated rings. The third kappa shape index (κ3) is 6.81. The van der Waals surface area contributed by atoms with Gasteiger partial charge >= 0.3 is 5.97 Å². The molecule has 3 N–H and O–H groups in total. The highest BCUT2D eigenvalue weighted by Crippen LogP contribution is 2.21. The molecule has 0 aromatic heterocycles. The average molecular weight is 375 g/mol. The molecule has 0 saturated carbocycles. The van der Waals surface area contributed by atoms with E-state index in [1.807, 2.05) is 11.0 Å². The highest BCUT2D eigenvalue weighted by molar-refractivity contribution is 5.87. The number of nitrogens with zero attached hydrogens (tertiary/aromatic N) is 1. The molecule has 2 rings (SSSR count). The van der Waals surface area contributed by atoms with E-state index < -0.39 is 12.1 Å². The Kier molecular flexibility index (Phi) is 8.00. The Bertz CT molecular complexity index is 653. The summed E-state index contributed by atoms with van der Waals surface area (Å²) in [4.78, 5) is 24.9. The lowest BCUT2D eigenvalue weighted by Gasteiger charge is -2.23. The van der Waals surface area contributed by atoms with E-state index in [0.717, 1.165) is 18.4 Å². The van der Waals surface area contributed by atoms with E-state index in [1.165, 1.54) is 0 Å². The van der Waals surface area contributed by atoms with E-state index in [4.69, 9.17) is 5.11 Å². The maximum Gasteiger partial charge on any atom is 0.335 e. The third-order valence-corrected chi connectivity index (χ3v) is 4.89. The van der Waals surface area contributed by atoms with Crippen LogP contribution in [0.4, 0.5) is 0 Å². The summed E-state index contributed by atoms with van der Waals surface area (Å²) >= 11 is 0. The van der Waals surface area contributed by atoms with Crippen LogP contribution in [0.15, 0.2) is 36.4 Å². The molecule has 1 heterocycles. The zero-order valence-electron chi connectivity index (χ0n) is 15.8. The number of aliphatic hydroxyl groups excluding tert-OH is 2. The molecule has 0 bridgehead atoms. The molecule has 1 aromatic rings. The fourth-order valence-electron chi connectivity index (χ4n) is 3.29. The van der Waals surface area contributed by atoms with Gasteiger partial charge in [-0.3, -0.25) is 4.79 Å². The van der Waals surface area contributed by atoms with E-state index in [0.29, 0.717) is 32.2 Å². The van der Waals surface area contributed by atoms with Crippen molar-refractivity contribution in [2.24, 2.45) is 0 Å². The van der Waals surface area contributed by atoms with Gasteiger partial charge < -0.3 is 20.2 Å². The Morgan fingerprint density at radius 2 is 1.96 bits per heavy atom. The molecule has 0 spiro atoms. The van der Waals surface area contributed by atoms with Crippen LogP contribution in [0.1, 0.15) is 54.9 Å². The topological polar surface area (TPSA) is 98.1 Å². The van der Waals surface area contributed by atoms with Gasteiger partial charge in [-0.05, 0) is 56.7 Å². The van der Waals surface area contributed by atoms with Crippen molar-refractivity contribution in [1.29, 1.82) is 0 Å². The standard InChI is InChI=1S/C21H29NO5/c1-15(23)3-2-4-19(24)11-9-18-10-12-20(25)22(18)14-13-16-5-7-17(8-6-16)21(26)27/h5-9,11,15,18-19,23-24H,2-4,10,12-14H2,1H3,(H,26,27)/t15-,18-,19+/m0/s1. The second kappa shape index (κ2) is 10.2. The minimum atomic E-state index is -0.950. The number of likely N-dealkylation sites (tertiary alicyclic amines) is 1. The lowest BCUT2D eigenvalue weighted by molar-refractivity contribution is -0.128. The van der Waals surface area contributed by atoms with Crippen molar-refractivity contribution in [3.63, 3.8) is 0 Å². The molecule has 6 heteroatoms. The molecule has 1 aliphatic rings. The highest BCUT2D eigenvalue weighted by Gasteiger charge is 2.28. The van der Waals surface area contributed by atoms with Gasteiger partial charge in [-0.15, -0.1) is 0 Å². The van der Waals surface area contributed by atoms with Crippen LogP contribution in [-0.4, -0.2) is 56.9 Å². The van der Waals surface area contributed by atoms with Crippen molar-refractivity contribution >= 4 is 11.9 Å². The van der Waals surface area contributed by atoms with E-state index in [-0.39, 0.29) is 23.6 Å². The first kappa shape index (κ1) is 21.1. The first-order valence-corrected chi connectivity index (χ1v) is 9.53. The van der Waals surface area contributed by atoms with Crippen LogP contribution in [0.5, 0.6) is 0 Å². The van der Waals surface area contributed by atoms with Crippen LogP contribution >= 0.6 is 0 Å². The Morgan fingerprint density at radius 1 is 1.26 bits per heavy atom. The zero-order chi connectivity index (χ0) is 19.8. The number of hydrogen-bond donors (Lipinski definition) is 3. The molecule has 1 aliphatic heterocycles. The lowest BCUT2D eigenvalue weighted by atomic mass is 10.1. The predicted molar refractivity (Wildman–Crippen MR) is 103 cm³/mol. The van der Waals surface area contributed by atoms with Crippen molar-refractivity contribution in [2.45, 2.75) is 63.7 Å². The summed E-state index contributed by atoms with van der Waals surface area (Å²) in [5.41, 5.74) is 1.24. The summed E-state index contributed by atoms with van der Waals surface area (Å²) in [5, 5.41) is 28.2.